The number of hydrogen-bond acceptors (Lipinski definition) is 5. The zero-order chi connectivity index (χ0) is 14.1. The van der Waals surface area contributed by atoms with Crippen LogP contribution in [0.15, 0.2) is 30.3 Å². The molecule has 2 aromatic rings. The van der Waals surface area contributed by atoms with Gasteiger partial charge in [0.25, 0.3) is 0 Å². The number of hydrogen-bond donors (Lipinski definition) is 1. The first-order chi connectivity index (χ1) is 9.74. The monoisotopic (exact) mass is 274 g/mol. The minimum absolute atomic E-state index is 0.0980. The van der Waals surface area contributed by atoms with Crippen LogP contribution >= 0.6 is 0 Å². The predicted octanol–water partition coefficient (Wildman–Crippen LogP) is 2.81. The Balaban J connectivity index is 2.25. The molecule has 20 heavy (non-hydrogen) atoms. The molecular weight excluding hydrogens is 260 g/mol. The lowest BCUT2D eigenvalue weighted by molar-refractivity contribution is 0.174. The van der Waals surface area contributed by atoms with Crippen LogP contribution in [0.25, 0.3) is 11.1 Å². The second-order valence-corrected chi connectivity index (χ2v) is 4.26. The van der Waals surface area contributed by atoms with Gasteiger partial charge in [0.2, 0.25) is 6.79 Å². The van der Waals surface area contributed by atoms with Crippen molar-refractivity contribution in [1.82, 2.24) is 0 Å². The van der Waals surface area contributed by atoms with Crippen molar-refractivity contribution in [2.45, 2.75) is 0 Å². The van der Waals surface area contributed by atoms with E-state index in [2.05, 4.69) is 0 Å². The Morgan fingerprint density at radius 2 is 1.90 bits per heavy atom. The summed E-state index contributed by atoms with van der Waals surface area (Å²) in [4.78, 5) is 0. The van der Waals surface area contributed by atoms with Crippen molar-refractivity contribution in [2.75, 3.05) is 21.0 Å². The van der Waals surface area contributed by atoms with Crippen LogP contribution in [0.2, 0.25) is 0 Å². The average Bonchev–Trinajstić information content (AvgIpc) is 2.95. The first-order valence-electron chi connectivity index (χ1n) is 6.08. The maximum absolute atomic E-state index is 10.2. The highest BCUT2D eigenvalue weighted by Gasteiger charge is 2.24. The molecule has 0 atom stereocenters. The van der Waals surface area contributed by atoms with Crippen LogP contribution < -0.4 is 18.9 Å². The molecule has 0 aliphatic carbocycles. The van der Waals surface area contributed by atoms with Crippen LogP contribution in [0.4, 0.5) is 0 Å². The summed E-state index contributed by atoms with van der Waals surface area (Å²) in [6.45, 7) is 0.137. The Bertz CT molecular complexity index is 651. The molecule has 0 spiro atoms. The van der Waals surface area contributed by atoms with Gasteiger partial charge in [-0.05, 0) is 30.3 Å². The van der Waals surface area contributed by atoms with Crippen LogP contribution in [0.1, 0.15) is 0 Å². The topological polar surface area (TPSA) is 57.2 Å². The largest absolute Gasteiger partial charge is 0.507 e. The number of ether oxygens (including phenoxy) is 4. The molecule has 0 amide bonds. The molecule has 0 fully saturated rings. The van der Waals surface area contributed by atoms with Gasteiger partial charge in [-0.2, -0.15) is 0 Å². The number of aromatic hydroxyl groups is 1. The smallest absolute Gasteiger partial charge is 0.231 e. The van der Waals surface area contributed by atoms with Gasteiger partial charge < -0.3 is 24.1 Å². The Hall–Kier alpha value is -2.56. The number of phenols is 1. The van der Waals surface area contributed by atoms with Gasteiger partial charge in [-0.3, -0.25) is 0 Å². The van der Waals surface area contributed by atoms with E-state index in [0.717, 1.165) is 0 Å². The fourth-order valence-corrected chi connectivity index (χ4v) is 2.23. The summed E-state index contributed by atoms with van der Waals surface area (Å²) >= 11 is 0. The molecule has 1 N–H and O–H groups in total. The van der Waals surface area contributed by atoms with Crippen molar-refractivity contribution in [3.8, 4) is 39.9 Å². The van der Waals surface area contributed by atoms with Crippen molar-refractivity contribution in [3.05, 3.63) is 30.3 Å². The Labute approximate surface area is 116 Å². The third-order valence-corrected chi connectivity index (χ3v) is 3.19. The van der Waals surface area contributed by atoms with E-state index in [9.17, 15) is 5.11 Å². The minimum Gasteiger partial charge on any atom is -0.507 e. The van der Waals surface area contributed by atoms with Crippen molar-refractivity contribution < 1.29 is 24.1 Å². The first kappa shape index (κ1) is 12.5. The Morgan fingerprint density at radius 1 is 1.05 bits per heavy atom. The van der Waals surface area contributed by atoms with Gasteiger partial charge in [-0.1, -0.05) is 0 Å². The van der Waals surface area contributed by atoms with Crippen molar-refractivity contribution in [3.63, 3.8) is 0 Å². The lowest BCUT2D eigenvalue weighted by atomic mass is 10.0. The maximum atomic E-state index is 10.2. The van der Waals surface area contributed by atoms with Crippen molar-refractivity contribution in [2.24, 2.45) is 0 Å². The molecule has 0 saturated carbocycles. The molecule has 1 aliphatic heterocycles. The molecule has 5 heteroatoms. The lowest BCUT2D eigenvalue weighted by Crippen LogP contribution is -1.95. The molecule has 0 unspecified atom stereocenters. The highest BCUT2D eigenvalue weighted by molar-refractivity contribution is 5.84. The molecule has 0 saturated heterocycles. The predicted molar refractivity (Wildman–Crippen MR) is 72.8 cm³/mol. The SMILES string of the molecule is COc1ccc(OC)c(-c2c(O)ccc3c2OCO3)c1. The van der Waals surface area contributed by atoms with Crippen LogP contribution in [0.5, 0.6) is 28.7 Å². The molecule has 1 aliphatic rings. The fraction of sp³-hybridized carbons (Fsp3) is 0.200. The highest BCUT2D eigenvalue weighted by atomic mass is 16.7. The van der Waals surface area contributed by atoms with Crippen LogP contribution in [-0.4, -0.2) is 26.1 Å². The average molecular weight is 274 g/mol. The molecule has 104 valence electrons. The summed E-state index contributed by atoms with van der Waals surface area (Å²) in [5.74, 6) is 2.49. The van der Waals surface area contributed by atoms with E-state index in [0.29, 0.717) is 34.1 Å². The van der Waals surface area contributed by atoms with Gasteiger partial charge in [0.05, 0.1) is 19.8 Å². The van der Waals surface area contributed by atoms with E-state index in [1.165, 1.54) is 0 Å². The summed E-state index contributed by atoms with van der Waals surface area (Å²) in [5, 5.41) is 10.2. The van der Waals surface area contributed by atoms with Crippen molar-refractivity contribution in [1.29, 1.82) is 0 Å². The number of rotatable bonds is 3. The van der Waals surface area contributed by atoms with E-state index in [4.69, 9.17) is 18.9 Å². The minimum atomic E-state index is 0.0980. The van der Waals surface area contributed by atoms with Gasteiger partial charge in [0, 0.05) is 5.56 Å². The second kappa shape index (κ2) is 4.85. The molecule has 0 bridgehead atoms. The summed E-state index contributed by atoms with van der Waals surface area (Å²) < 4.78 is 21.4. The summed E-state index contributed by atoms with van der Waals surface area (Å²) in [5.41, 5.74) is 1.22. The number of benzene rings is 2. The summed E-state index contributed by atoms with van der Waals surface area (Å²) in [6.07, 6.45) is 0. The van der Waals surface area contributed by atoms with E-state index in [1.54, 1.807) is 44.6 Å². The molecular formula is C15H14O5. The van der Waals surface area contributed by atoms with Gasteiger partial charge in [0.1, 0.15) is 17.2 Å². The molecule has 0 radical (unpaired) electrons. The maximum Gasteiger partial charge on any atom is 0.231 e. The third kappa shape index (κ3) is 1.87. The first-order valence-corrected chi connectivity index (χ1v) is 6.08. The number of phenolic OH excluding ortho intramolecular Hbond substituents is 1. The standard InChI is InChI=1S/C15H14O5/c1-17-9-3-5-12(18-2)10(7-9)14-11(16)4-6-13-15(14)20-8-19-13/h3-7,16H,8H2,1-2H3. The fourth-order valence-electron chi connectivity index (χ4n) is 2.23. The van der Waals surface area contributed by atoms with Gasteiger partial charge in [-0.25, -0.2) is 0 Å². The van der Waals surface area contributed by atoms with Crippen LogP contribution in [-0.2, 0) is 0 Å². The van der Waals surface area contributed by atoms with E-state index >= 15 is 0 Å². The highest BCUT2D eigenvalue weighted by Crippen LogP contribution is 2.49. The summed E-state index contributed by atoms with van der Waals surface area (Å²) in [6, 6.07) is 8.61. The Kier molecular flexibility index (Phi) is 3.02. The summed E-state index contributed by atoms with van der Waals surface area (Å²) in [7, 11) is 3.16. The lowest BCUT2D eigenvalue weighted by Gasteiger charge is -2.13. The van der Waals surface area contributed by atoms with E-state index in [1.807, 2.05) is 0 Å². The number of fused-ring (bicyclic) bond motifs is 1. The van der Waals surface area contributed by atoms with Gasteiger partial charge in [0.15, 0.2) is 11.5 Å². The molecule has 3 rings (SSSR count). The zero-order valence-electron chi connectivity index (χ0n) is 11.2. The van der Waals surface area contributed by atoms with Crippen molar-refractivity contribution >= 4 is 0 Å². The Morgan fingerprint density at radius 3 is 2.65 bits per heavy atom. The zero-order valence-corrected chi connectivity index (χ0v) is 11.2. The molecule has 0 aromatic heterocycles. The van der Waals surface area contributed by atoms with Gasteiger partial charge in [-0.15, -0.1) is 0 Å². The second-order valence-electron chi connectivity index (χ2n) is 4.26. The van der Waals surface area contributed by atoms with Gasteiger partial charge >= 0.3 is 0 Å². The molecule has 1 heterocycles. The molecule has 2 aromatic carbocycles. The normalized spacial score (nSPS) is 12.3. The van der Waals surface area contributed by atoms with E-state index in [-0.39, 0.29) is 12.5 Å². The van der Waals surface area contributed by atoms with E-state index < -0.39 is 0 Å². The third-order valence-electron chi connectivity index (χ3n) is 3.19. The van der Waals surface area contributed by atoms with Crippen LogP contribution in [0, 0.1) is 0 Å². The van der Waals surface area contributed by atoms with Crippen LogP contribution in [0.3, 0.4) is 0 Å². The quantitative estimate of drug-likeness (QED) is 0.932. The number of methoxy groups -OCH3 is 2. The molecule has 5 nitrogen and oxygen atoms in total.